The van der Waals surface area contributed by atoms with Gasteiger partial charge in [0, 0.05) is 0 Å². The Morgan fingerprint density at radius 1 is 1.14 bits per heavy atom. The van der Waals surface area contributed by atoms with Crippen LogP contribution in [0.2, 0.25) is 0 Å². The lowest BCUT2D eigenvalue weighted by Crippen LogP contribution is -2.41. The minimum atomic E-state index is -1.46. The molecule has 1 aromatic rings. The van der Waals surface area contributed by atoms with E-state index in [1.54, 1.807) is 24.3 Å². The first-order valence-corrected chi connectivity index (χ1v) is 6.89. The summed E-state index contributed by atoms with van der Waals surface area (Å²) in [5.74, 6) is 0. The van der Waals surface area contributed by atoms with Gasteiger partial charge in [-0.3, -0.25) is 0 Å². The third-order valence-electron chi connectivity index (χ3n) is 4.21. The van der Waals surface area contributed by atoms with Gasteiger partial charge in [-0.2, -0.15) is 5.26 Å². The van der Waals surface area contributed by atoms with E-state index in [1.807, 2.05) is 33.8 Å². The summed E-state index contributed by atoms with van der Waals surface area (Å²) < 4.78 is 11.9. The van der Waals surface area contributed by atoms with Crippen LogP contribution < -0.4 is 5.46 Å². The molecule has 2 N–H and O–H groups in total. The van der Waals surface area contributed by atoms with E-state index in [9.17, 15) is 10.2 Å². The fourth-order valence-corrected chi connectivity index (χ4v) is 2.12. The average molecular weight is 289 g/mol. The molecule has 1 fully saturated rings. The topological polar surface area (TPSA) is 82.7 Å². The molecular weight excluding hydrogens is 269 g/mol. The Labute approximate surface area is 125 Å². The Hall–Kier alpha value is -1.39. The van der Waals surface area contributed by atoms with Crippen LogP contribution in [0, 0.1) is 11.3 Å². The van der Waals surface area contributed by atoms with E-state index in [1.165, 1.54) is 0 Å². The number of aliphatic hydroxyl groups excluding tert-OH is 2. The summed E-state index contributed by atoms with van der Waals surface area (Å²) >= 11 is 0. The molecule has 2 rings (SSSR count). The zero-order valence-corrected chi connectivity index (χ0v) is 12.7. The first-order chi connectivity index (χ1) is 9.68. The van der Waals surface area contributed by atoms with E-state index in [2.05, 4.69) is 0 Å². The van der Waals surface area contributed by atoms with Crippen LogP contribution in [-0.2, 0) is 9.31 Å². The predicted octanol–water partition coefficient (Wildman–Crippen LogP) is 0.904. The third-order valence-corrected chi connectivity index (χ3v) is 4.21. The van der Waals surface area contributed by atoms with E-state index >= 15 is 0 Å². The van der Waals surface area contributed by atoms with E-state index in [-0.39, 0.29) is 0 Å². The lowest BCUT2D eigenvalue weighted by atomic mass is 9.78. The summed E-state index contributed by atoms with van der Waals surface area (Å²) in [6.45, 7) is 7.85. The summed E-state index contributed by atoms with van der Waals surface area (Å²) in [5, 5.41) is 28.0. The number of nitrogens with zero attached hydrogens (tertiary/aromatic N) is 1. The monoisotopic (exact) mass is 289 g/mol. The number of nitriles is 1. The molecule has 5 nitrogen and oxygen atoms in total. The zero-order chi connectivity index (χ0) is 15.8. The van der Waals surface area contributed by atoms with E-state index in [0.29, 0.717) is 5.56 Å². The molecule has 1 aliphatic heterocycles. The maximum Gasteiger partial charge on any atom is 0.494 e. The SMILES string of the molecule is CC1(C)OB(c2cccc(C(O)C(O)C#N)c2)OC1(C)C. The normalized spacial score (nSPS) is 22.6. The number of hydrogen-bond acceptors (Lipinski definition) is 5. The molecule has 21 heavy (non-hydrogen) atoms. The van der Waals surface area contributed by atoms with Crippen molar-refractivity contribution in [1.29, 1.82) is 5.26 Å². The molecule has 2 atom stereocenters. The lowest BCUT2D eigenvalue weighted by molar-refractivity contribution is 0.00578. The highest BCUT2D eigenvalue weighted by molar-refractivity contribution is 6.62. The van der Waals surface area contributed by atoms with E-state index in [0.717, 1.165) is 5.46 Å². The minimum absolute atomic E-state index is 0.446. The second-order valence-corrected chi connectivity index (χ2v) is 6.28. The molecule has 1 heterocycles. The van der Waals surface area contributed by atoms with Gasteiger partial charge < -0.3 is 19.5 Å². The Kier molecular flexibility index (Phi) is 4.14. The van der Waals surface area contributed by atoms with Crippen LogP contribution in [0.25, 0.3) is 0 Å². The van der Waals surface area contributed by atoms with Gasteiger partial charge in [0.25, 0.3) is 0 Å². The molecule has 0 aliphatic carbocycles. The Bertz CT molecular complexity index is 551. The zero-order valence-electron chi connectivity index (χ0n) is 12.7. The Balaban J connectivity index is 2.26. The van der Waals surface area contributed by atoms with Crippen molar-refractivity contribution in [3.63, 3.8) is 0 Å². The fraction of sp³-hybridized carbons (Fsp3) is 0.533. The van der Waals surface area contributed by atoms with Crippen LogP contribution in [0.5, 0.6) is 0 Å². The van der Waals surface area contributed by atoms with Crippen molar-refractivity contribution in [3.05, 3.63) is 29.8 Å². The van der Waals surface area contributed by atoms with Gasteiger partial charge in [0.1, 0.15) is 6.10 Å². The first-order valence-electron chi connectivity index (χ1n) is 6.89. The van der Waals surface area contributed by atoms with Gasteiger partial charge in [0.15, 0.2) is 6.10 Å². The molecule has 1 saturated heterocycles. The molecule has 6 heteroatoms. The van der Waals surface area contributed by atoms with Crippen molar-refractivity contribution in [2.45, 2.75) is 51.1 Å². The van der Waals surface area contributed by atoms with Crippen LogP contribution in [0.15, 0.2) is 24.3 Å². The number of benzene rings is 1. The number of hydrogen-bond donors (Lipinski definition) is 2. The van der Waals surface area contributed by atoms with Gasteiger partial charge in [0.2, 0.25) is 0 Å². The van der Waals surface area contributed by atoms with Crippen molar-refractivity contribution in [2.24, 2.45) is 0 Å². The van der Waals surface area contributed by atoms with Crippen LogP contribution in [0.1, 0.15) is 39.4 Å². The van der Waals surface area contributed by atoms with Crippen LogP contribution in [0.3, 0.4) is 0 Å². The van der Waals surface area contributed by atoms with E-state index < -0.39 is 30.5 Å². The second-order valence-electron chi connectivity index (χ2n) is 6.28. The Morgan fingerprint density at radius 3 is 2.24 bits per heavy atom. The predicted molar refractivity (Wildman–Crippen MR) is 78.7 cm³/mol. The van der Waals surface area contributed by atoms with Gasteiger partial charge in [0.05, 0.1) is 17.3 Å². The van der Waals surface area contributed by atoms with Gasteiger partial charge in [-0.1, -0.05) is 24.3 Å². The first kappa shape index (κ1) is 16.0. The molecule has 0 saturated carbocycles. The van der Waals surface area contributed by atoms with Gasteiger partial charge >= 0.3 is 7.12 Å². The molecule has 0 amide bonds. The van der Waals surface area contributed by atoms with Crippen LogP contribution in [0.4, 0.5) is 0 Å². The molecule has 1 aromatic carbocycles. The molecule has 1 aliphatic rings. The Morgan fingerprint density at radius 2 is 1.71 bits per heavy atom. The van der Waals surface area contributed by atoms with E-state index in [4.69, 9.17) is 14.6 Å². The highest BCUT2D eigenvalue weighted by Crippen LogP contribution is 2.36. The lowest BCUT2D eigenvalue weighted by Gasteiger charge is -2.32. The smallest absolute Gasteiger partial charge is 0.399 e. The van der Waals surface area contributed by atoms with Crippen molar-refractivity contribution >= 4 is 12.6 Å². The summed E-state index contributed by atoms with van der Waals surface area (Å²) in [6.07, 6.45) is -2.71. The quantitative estimate of drug-likeness (QED) is 0.638. The van der Waals surface area contributed by atoms with Crippen molar-refractivity contribution in [3.8, 4) is 6.07 Å². The number of aliphatic hydroxyl groups is 2. The van der Waals surface area contributed by atoms with Crippen LogP contribution >= 0.6 is 0 Å². The molecule has 2 unspecified atom stereocenters. The third kappa shape index (κ3) is 2.97. The van der Waals surface area contributed by atoms with Gasteiger partial charge in [-0.25, -0.2) is 0 Å². The molecule has 0 spiro atoms. The fourth-order valence-electron chi connectivity index (χ4n) is 2.12. The summed E-state index contributed by atoms with van der Waals surface area (Å²) in [5.41, 5.74) is 0.309. The number of rotatable bonds is 3. The molecule has 0 radical (unpaired) electrons. The highest BCUT2D eigenvalue weighted by atomic mass is 16.7. The van der Waals surface area contributed by atoms with Crippen molar-refractivity contribution in [1.82, 2.24) is 0 Å². The largest absolute Gasteiger partial charge is 0.494 e. The molecule has 0 aromatic heterocycles. The summed E-state index contributed by atoms with van der Waals surface area (Å²) in [6, 6.07) is 8.53. The molecular formula is C15H20BNO4. The summed E-state index contributed by atoms with van der Waals surface area (Å²) in [4.78, 5) is 0. The average Bonchev–Trinajstić information content (AvgIpc) is 2.66. The second kappa shape index (κ2) is 5.43. The van der Waals surface area contributed by atoms with Crippen molar-refractivity contribution in [2.75, 3.05) is 0 Å². The van der Waals surface area contributed by atoms with Gasteiger partial charge in [-0.05, 0) is 38.7 Å². The van der Waals surface area contributed by atoms with Crippen molar-refractivity contribution < 1.29 is 19.5 Å². The molecule has 112 valence electrons. The highest BCUT2D eigenvalue weighted by Gasteiger charge is 2.51. The maximum atomic E-state index is 9.91. The standard InChI is InChI=1S/C15H20BNO4/c1-14(2)15(3,4)21-16(20-14)11-7-5-6-10(8-11)13(19)12(18)9-17/h5-8,12-13,18-19H,1-4H3. The van der Waals surface area contributed by atoms with Gasteiger partial charge in [-0.15, -0.1) is 0 Å². The van der Waals surface area contributed by atoms with Crippen LogP contribution in [-0.4, -0.2) is 34.6 Å². The maximum absolute atomic E-state index is 9.91. The summed E-state index contributed by atoms with van der Waals surface area (Å²) in [7, 11) is -0.540. The minimum Gasteiger partial charge on any atom is -0.399 e. The molecule has 0 bridgehead atoms.